The zero-order chi connectivity index (χ0) is 15.0. The molecule has 1 aromatic rings. The zero-order valence-corrected chi connectivity index (χ0v) is 11.9. The van der Waals surface area contributed by atoms with E-state index in [0.717, 1.165) is 18.9 Å². The summed E-state index contributed by atoms with van der Waals surface area (Å²) in [5.74, 6) is 0.340. The summed E-state index contributed by atoms with van der Waals surface area (Å²) in [5, 5.41) is 2.59. The van der Waals surface area contributed by atoms with E-state index in [0.29, 0.717) is 18.9 Å². The molecule has 2 rings (SSSR count). The van der Waals surface area contributed by atoms with E-state index in [9.17, 15) is 13.2 Å². The Kier molecular flexibility index (Phi) is 3.80. The van der Waals surface area contributed by atoms with Gasteiger partial charge in [0.2, 0.25) is 5.95 Å². The smallest absolute Gasteiger partial charge is 0.357 e. The number of nitrogens with zero attached hydrogens (tertiary/aromatic N) is 3. The summed E-state index contributed by atoms with van der Waals surface area (Å²) in [4.78, 5) is 9.51. The molecule has 4 nitrogen and oxygen atoms in total. The third-order valence-electron chi connectivity index (χ3n) is 3.67. The Balaban J connectivity index is 2.28. The van der Waals surface area contributed by atoms with E-state index in [1.54, 1.807) is 0 Å². The van der Waals surface area contributed by atoms with Crippen LogP contribution in [0.1, 0.15) is 32.4 Å². The molecule has 0 amide bonds. The SMILES string of the molecule is CNc1nc(N2CCC(C)(C)CC2)cc(C(F)(F)F)n1. The third-order valence-corrected chi connectivity index (χ3v) is 3.67. The van der Waals surface area contributed by atoms with Crippen LogP contribution < -0.4 is 10.2 Å². The lowest BCUT2D eigenvalue weighted by Gasteiger charge is -2.37. The second-order valence-corrected chi connectivity index (χ2v) is 5.83. The van der Waals surface area contributed by atoms with Crippen LogP contribution in [0.5, 0.6) is 0 Å². The number of halogens is 3. The first-order valence-electron chi connectivity index (χ1n) is 6.60. The highest BCUT2D eigenvalue weighted by atomic mass is 19.4. The van der Waals surface area contributed by atoms with Gasteiger partial charge >= 0.3 is 6.18 Å². The summed E-state index contributed by atoms with van der Waals surface area (Å²) in [6.07, 6.45) is -2.58. The molecule has 1 aliphatic heterocycles. The Hall–Kier alpha value is -1.53. The number of hydrogen-bond donors (Lipinski definition) is 1. The Bertz CT molecular complexity index is 475. The molecule has 112 valence electrons. The fourth-order valence-corrected chi connectivity index (χ4v) is 2.19. The van der Waals surface area contributed by atoms with Crippen LogP contribution in [0.25, 0.3) is 0 Å². The second kappa shape index (κ2) is 5.10. The molecule has 0 aliphatic carbocycles. The largest absolute Gasteiger partial charge is 0.433 e. The van der Waals surface area contributed by atoms with Gasteiger partial charge in [-0.15, -0.1) is 0 Å². The highest BCUT2D eigenvalue weighted by Gasteiger charge is 2.35. The lowest BCUT2D eigenvalue weighted by atomic mass is 9.83. The van der Waals surface area contributed by atoms with Gasteiger partial charge in [0.05, 0.1) is 0 Å². The van der Waals surface area contributed by atoms with E-state index < -0.39 is 11.9 Å². The molecule has 0 aromatic carbocycles. The van der Waals surface area contributed by atoms with Crippen LogP contribution in [0.15, 0.2) is 6.07 Å². The predicted octanol–water partition coefficient (Wildman–Crippen LogP) is 3.16. The first kappa shape index (κ1) is 14.9. The highest BCUT2D eigenvalue weighted by molar-refractivity contribution is 5.45. The average Bonchev–Trinajstić information content (AvgIpc) is 2.37. The molecule has 1 aromatic heterocycles. The zero-order valence-electron chi connectivity index (χ0n) is 11.9. The molecular formula is C13H19F3N4. The van der Waals surface area contributed by atoms with Crippen LogP contribution in [0, 0.1) is 5.41 Å². The van der Waals surface area contributed by atoms with Gasteiger partial charge in [0.1, 0.15) is 5.82 Å². The van der Waals surface area contributed by atoms with Gasteiger partial charge in [-0.3, -0.25) is 0 Å². The van der Waals surface area contributed by atoms with Crippen LogP contribution in [0.3, 0.4) is 0 Å². The molecule has 1 saturated heterocycles. The van der Waals surface area contributed by atoms with E-state index >= 15 is 0 Å². The summed E-state index contributed by atoms with van der Waals surface area (Å²) in [6, 6.07) is 1.03. The molecule has 0 saturated carbocycles. The van der Waals surface area contributed by atoms with Gasteiger partial charge in [0.15, 0.2) is 5.69 Å². The van der Waals surface area contributed by atoms with Gasteiger partial charge in [0.25, 0.3) is 0 Å². The van der Waals surface area contributed by atoms with Gasteiger partial charge in [-0.25, -0.2) is 4.98 Å². The minimum atomic E-state index is -4.46. The Labute approximate surface area is 116 Å². The summed E-state index contributed by atoms with van der Waals surface area (Å²) >= 11 is 0. The summed E-state index contributed by atoms with van der Waals surface area (Å²) < 4.78 is 38.5. The minimum Gasteiger partial charge on any atom is -0.357 e. The molecule has 0 bridgehead atoms. The fourth-order valence-electron chi connectivity index (χ4n) is 2.19. The van der Waals surface area contributed by atoms with Gasteiger partial charge < -0.3 is 10.2 Å². The number of aromatic nitrogens is 2. The van der Waals surface area contributed by atoms with Gasteiger partial charge in [0, 0.05) is 26.2 Å². The molecule has 0 atom stereocenters. The fraction of sp³-hybridized carbons (Fsp3) is 0.692. The maximum Gasteiger partial charge on any atom is 0.433 e. The molecule has 2 heterocycles. The summed E-state index contributed by atoms with van der Waals surface area (Å²) in [7, 11) is 1.51. The Morgan fingerprint density at radius 2 is 1.80 bits per heavy atom. The molecule has 0 radical (unpaired) electrons. The number of hydrogen-bond acceptors (Lipinski definition) is 4. The van der Waals surface area contributed by atoms with Crippen molar-refractivity contribution in [1.82, 2.24) is 9.97 Å². The van der Waals surface area contributed by atoms with Crippen molar-refractivity contribution in [2.45, 2.75) is 32.9 Å². The minimum absolute atomic E-state index is 0.000316. The standard InChI is InChI=1S/C13H19F3N4/c1-12(2)4-6-20(7-5-12)10-8-9(13(14,15)16)18-11(17-3)19-10/h8H,4-7H2,1-3H3,(H,17,18,19). The van der Waals surface area contributed by atoms with Crippen molar-refractivity contribution < 1.29 is 13.2 Å². The van der Waals surface area contributed by atoms with Crippen molar-refractivity contribution >= 4 is 11.8 Å². The number of piperidine rings is 1. The molecule has 20 heavy (non-hydrogen) atoms. The van der Waals surface area contributed by atoms with Crippen molar-refractivity contribution in [3.63, 3.8) is 0 Å². The third kappa shape index (κ3) is 3.32. The maximum atomic E-state index is 12.8. The molecule has 0 unspecified atom stereocenters. The van der Waals surface area contributed by atoms with E-state index in [1.807, 2.05) is 4.90 Å². The van der Waals surface area contributed by atoms with Gasteiger partial charge in [-0.1, -0.05) is 13.8 Å². The summed E-state index contributed by atoms with van der Waals surface area (Å²) in [6.45, 7) is 5.77. The first-order chi connectivity index (χ1) is 9.21. The maximum absolute atomic E-state index is 12.8. The van der Waals surface area contributed by atoms with Crippen LogP contribution >= 0.6 is 0 Å². The van der Waals surface area contributed by atoms with Crippen molar-refractivity contribution in [2.75, 3.05) is 30.4 Å². The lowest BCUT2D eigenvalue weighted by molar-refractivity contribution is -0.141. The number of anilines is 2. The highest BCUT2D eigenvalue weighted by Crippen LogP contribution is 2.34. The molecule has 1 fully saturated rings. The second-order valence-electron chi connectivity index (χ2n) is 5.83. The number of nitrogens with one attached hydrogen (secondary N) is 1. The molecule has 1 aliphatic rings. The Morgan fingerprint density at radius 1 is 1.20 bits per heavy atom. The first-order valence-corrected chi connectivity index (χ1v) is 6.60. The topological polar surface area (TPSA) is 41.1 Å². The quantitative estimate of drug-likeness (QED) is 0.907. The van der Waals surface area contributed by atoms with Crippen LogP contribution in [0.4, 0.5) is 24.9 Å². The normalized spacial score (nSPS) is 19.0. The van der Waals surface area contributed by atoms with Crippen molar-refractivity contribution in [3.8, 4) is 0 Å². The summed E-state index contributed by atoms with van der Waals surface area (Å²) in [5.41, 5.74) is -0.668. The van der Waals surface area contributed by atoms with Gasteiger partial charge in [-0.2, -0.15) is 18.2 Å². The molecule has 0 spiro atoms. The predicted molar refractivity (Wildman–Crippen MR) is 71.8 cm³/mol. The van der Waals surface area contributed by atoms with Gasteiger partial charge in [-0.05, 0) is 18.3 Å². The van der Waals surface area contributed by atoms with E-state index in [-0.39, 0.29) is 11.4 Å². The van der Waals surface area contributed by atoms with Crippen molar-refractivity contribution in [2.24, 2.45) is 5.41 Å². The van der Waals surface area contributed by atoms with E-state index in [4.69, 9.17) is 0 Å². The number of rotatable bonds is 2. The average molecular weight is 288 g/mol. The lowest BCUT2D eigenvalue weighted by Crippen LogP contribution is -2.38. The van der Waals surface area contributed by atoms with Crippen molar-refractivity contribution in [3.05, 3.63) is 11.8 Å². The molecule has 7 heteroatoms. The number of alkyl halides is 3. The van der Waals surface area contributed by atoms with Crippen molar-refractivity contribution in [1.29, 1.82) is 0 Å². The van der Waals surface area contributed by atoms with Crippen LogP contribution in [-0.2, 0) is 6.18 Å². The monoisotopic (exact) mass is 288 g/mol. The van der Waals surface area contributed by atoms with E-state index in [1.165, 1.54) is 7.05 Å². The molecular weight excluding hydrogens is 269 g/mol. The van der Waals surface area contributed by atoms with Crippen LogP contribution in [-0.4, -0.2) is 30.1 Å². The van der Waals surface area contributed by atoms with E-state index in [2.05, 4.69) is 29.1 Å². The molecule has 1 N–H and O–H groups in total. The Morgan fingerprint density at radius 3 is 2.30 bits per heavy atom. The van der Waals surface area contributed by atoms with Crippen LogP contribution in [0.2, 0.25) is 0 Å².